The standard InChI is InChI=1S/C17H12F2N2O4/c1-21-15(23)10-7-6-9(8-12(10)16(21)24)20-14(22)11-4-2-3-5-13(11)25-17(18)19/h2-8,17H,1H3,(H,20,22). The molecule has 0 aliphatic carbocycles. The number of nitrogens with one attached hydrogen (secondary N) is 1. The zero-order chi connectivity index (χ0) is 18.1. The van der Waals surface area contributed by atoms with Crippen molar-refractivity contribution in [3.8, 4) is 5.75 Å². The summed E-state index contributed by atoms with van der Waals surface area (Å²) in [6.07, 6.45) is 0. The lowest BCUT2D eigenvalue weighted by molar-refractivity contribution is -0.0501. The number of carbonyl (C=O) groups is 3. The van der Waals surface area contributed by atoms with Crippen molar-refractivity contribution < 1.29 is 27.9 Å². The maximum absolute atomic E-state index is 12.4. The van der Waals surface area contributed by atoms with Crippen LogP contribution in [-0.4, -0.2) is 36.3 Å². The first-order valence-electron chi connectivity index (χ1n) is 7.20. The molecule has 0 atom stereocenters. The lowest BCUT2D eigenvalue weighted by Gasteiger charge is -2.11. The highest BCUT2D eigenvalue weighted by molar-refractivity contribution is 6.21. The predicted molar refractivity (Wildman–Crippen MR) is 83.9 cm³/mol. The average molecular weight is 346 g/mol. The Hall–Kier alpha value is -3.29. The van der Waals surface area contributed by atoms with E-state index in [-0.39, 0.29) is 28.1 Å². The van der Waals surface area contributed by atoms with Gasteiger partial charge in [-0.1, -0.05) is 12.1 Å². The number of imide groups is 1. The van der Waals surface area contributed by atoms with Gasteiger partial charge in [-0.25, -0.2) is 0 Å². The molecule has 8 heteroatoms. The molecule has 3 amide bonds. The van der Waals surface area contributed by atoms with Gasteiger partial charge >= 0.3 is 6.61 Å². The molecule has 2 aromatic rings. The fourth-order valence-corrected chi connectivity index (χ4v) is 2.49. The Morgan fingerprint density at radius 3 is 2.48 bits per heavy atom. The van der Waals surface area contributed by atoms with E-state index in [1.54, 1.807) is 0 Å². The van der Waals surface area contributed by atoms with Crippen LogP contribution in [0.5, 0.6) is 5.75 Å². The first kappa shape index (κ1) is 16.6. The topological polar surface area (TPSA) is 75.7 Å². The first-order chi connectivity index (χ1) is 11.9. The molecule has 1 aliphatic rings. The van der Waals surface area contributed by atoms with Crippen molar-refractivity contribution in [1.29, 1.82) is 0 Å². The van der Waals surface area contributed by atoms with Gasteiger partial charge in [0.25, 0.3) is 17.7 Å². The van der Waals surface area contributed by atoms with Gasteiger partial charge in [-0.2, -0.15) is 8.78 Å². The first-order valence-corrected chi connectivity index (χ1v) is 7.20. The van der Waals surface area contributed by atoms with E-state index in [2.05, 4.69) is 10.1 Å². The number of rotatable bonds is 4. The monoisotopic (exact) mass is 346 g/mol. The van der Waals surface area contributed by atoms with Gasteiger partial charge in [0.2, 0.25) is 0 Å². The van der Waals surface area contributed by atoms with Crippen LogP contribution in [0.1, 0.15) is 31.1 Å². The highest BCUT2D eigenvalue weighted by Crippen LogP contribution is 2.26. The van der Waals surface area contributed by atoms with E-state index < -0.39 is 24.3 Å². The van der Waals surface area contributed by atoms with Crippen molar-refractivity contribution in [2.45, 2.75) is 6.61 Å². The Morgan fingerprint density at radius 2 is 1.76 bits per heavy atom. The minimum atomic E-state index is -3.06. The SMILES string of the molecule is CN1C(=O)c2ccc(NC(=O)c3ccccc3OC(F)F)cc2C1=O. The second kappa shape index (κ2) is 6.31. The highest BCUT2D eigenvalue weighted by Gasteiger charge is 2.32. The molecule has 6 nitrogen and oxygen atoms in total. The third kappa shape index (κ3) is 3.06. The van der Waals surface area contributed by atoms with Crippen molar-refractivity contribution in [2.24, 2.45) is 0 Å². The van der Waals surface area contributed by atoms with Gasteiger partial charge < -0.3 is 10.1 Å². The van der Waals surface area contributed by atoms with Crippen LogP contribution in [0.25, 0.3) is 0 Å². The number of anilines is 1. The van der Waals surface area contributed by atoms with Crippen molar-refractivity contribution in [2.75, 3.05) is 12.4 Å². The van der Waals surface area contributed by atoms with E-state index in [4.69, 9.17) is 0 Å². The number of nitrogens with zero attached hydrogens (tertiary/aromatic N) is 1. The molecule has 1 heterocycles. The minimum Gasteiger partial charge on any atom is -0.434 e. The number of fused-ring (bicyclic) bond motifs is 1. The summed E-state index contributed by atoms with van der Waals surface area (Å²) in [5.41, 5.74) is 0.587. The van der Waals surface area contributed by atoms with Crippen LogP contribution < -0.4 is 10.1 Å². The molecule has 25 heavy (non-hydrogen) atoms. The molecule has 0 fully saturated rings. The molecule has 1 N–H and O–H groups in total. The number of halogens is 2. The second-order valence-electron chi connectivity index (χ2n) is 5.26. The van der Waals surface area contributed by atoms with Crippen LogP contribution in [0, 0.1) is 0 Å². The fraction of sp³-hybridized carbons (Fsp3) is 0.118. The fourth-order valence-electron chi connectivity index (χ4n) is 2.49. The Morgan fingerprint density at radius 1 is 1.08 bits per heavy atom. The van der Waals surface area contributed by atoms with Crippen LogP contribution in [0.3, 0.4) is 0 Å². The lowest BCUT2D eigenvalue weighted by atomic mass is 10.1. The number of amides is 3. The van der Waals surface area contributed by atoms with Crippen molar-refractivity contribution >= 4 is 23.4 Å². The molecule has 0 radical (unpaired) electrons. The van der Waals surface area contributed by atoms with E-state index >= 15 is 0 Å². The molecule has 128 valence electrons. The van der Waals surface area contributed by atoms with Crippen LogP contribution >= 0.6 is 0 Å². The summed E-state index contributed by atoms with van der Waals surface area (Å²) in [5, 5.41) is 2.51. The van der Waals surface area contributed by atoms with Crippen molar-refractivity contribution in [3.05, 3.63) is 59.2 Å². The van der Waals surface area contributed by atoms with E-state index in [0.717, 1.165) is 4.90 Å². The average Bonchev–Trinajstić information content (AvgIpc) is 2.79. The summed E-state index contributed by atoms with van der Waals surface area (Å²) in [4.78, 5) is 37.1. The molecule has 0 saturated heterocycles. The second-order valence-corrected chi connectivity index (χ2v) is 5.26. The van der Waals surface area contributed by atoms with Gasteiger partial charge in [-0.15, -0.1) is 0 Å². The quantitative estimate of drug-likeness (QED) is 0.864. The summed E-state index contributed by atoms with van der Waals surface area (Å²) in [7, 11) is 1.36. The zero-order valence-electron chi connectivity index (χ0n) is 13.0. The number of hydrogen-bond donors (Lipinski definition) is 1. The summed E-state index contributed by atoms with van der Waals surface area (Å²) in [6.45, 7) is -3.06. The normalized spacial score (nSPS) is 13.2. The summed E-state index contributed by atoms with van der Waals surface area (Å²) >= 11 is 0. The van der Waals surface area contributed by atoms with Gasteiger partial charge in [0, 0.05) is 12.7 Å². The number of carbonyl (C=O) groups excluding carboxylic acids is 3. The molecular weight excluding hydrogens is 334 g/mol. The van der Waals surface area contributed by atoms with E-state index in [9.17, 15) is 23.2 Å². The Balaban J connectivity index is 1.86. The van der Waals surface area contributed by atoms with Gasteiger partial charge in [-0.05, 0) is 30.3 Å². The molecular formula is C17H12F2N2O4. The van der Waals surface area contributed by atoms with Gasteiger partial charge in [0.05, 0.1) is 16.7 Å². The summed E-state index contributed by atoms with van der Waals surface area (Å²) in [5.74, 6) is -1.84. The molecule has 0 spiro atoms. The number of ether oxygens (including phenoxy) is 1. The highest BCUT2D eigenvalue weighted by atomic mass is 19.3. The molecule has 3 rings (SSSR count). The smallest absolute Gasteiger partial charge is 0.387 e. The van der Waals surface area contributed by atoms with Crippen LogP contribution in [0.15, 0.2) is 42.5 Å². The maximum atomic E-state index is 12.4. The number of alkyl halides is 2. The number of para-hydroxylation sites is 1. The van der Waals surface area contributed by atoms with Crippen LogP contribution in [0.2, 0.25) is 0 Å². The third-order valence-corrected chi connectivity index (χ3v) is 3.70. The number of hydrogen-bond acceptors (Lipinski definition) is 4. The van der Waals surface area contributed by atoms with Gasteiger partial charge in [0.1, 0.15) is 5.75 Å². The van der Waals surface area contributed by atoms with Gasteiger partial charge in [0.15, 0.2) is 0 Å². The zero-order valence-corrected chi connectivity index (χ0v) is 13.0. The Bertz CT molecular complexity index is 883. The van der Waals surface area contributed by atoms with E-state index in [1.807, 2.05) is 0 Å². The molecule has 0 saturated carbocycles. The van der Waals surface area contributed by atoms with E-state index in [0.29, 0.717) is 0 Å². The molecule has 0 bridgehead atoms. The molecule has 1 aliphatic heterocycles. The van der Waals surface area contributed by atoms with E-state index in [1.165, 1.54) is 49.5 Å². The Kier molecular flexibility index (Phi) is 4.18. The van der Waals surface area contributed by atoms with Gasteiger partial charge in [-0.3, -0.25) is 19.3 Å². The molecule has 2 aromatic carbocycles. The molecule has 0 unspecified atom stereocenters. The predicted octanol–water partition coefficient (Wildman–Crippen LogP) is 2.77. The lowest BCUT2D eigenvalue weighted by Crippen LogP contribution is -2.24. The summed E-state index contributed by atoms with van der Waals surface area (Å²) < 4.78 is 29.2. The molecule has 0 aromatic heterocycles. The Labute approximate surface area is 141 Å². The minimum absolute atomic E-state index is 0.0807. The maximum Gasteiger partial charge on any atom is 0.387 e. The van der Waals surface area contributed by atoms with Crippen LogP contribution in [0.4, 0.5) is 14.5 Å². The number of benzene rings is 2. The largest absolute Gasteiger partial charge is 0.434 e. The summed E-state index contributed by atoms with van der Waals surface area (Å²) in [6, 6.07) is 9.81. The van der Waals surface area contributed by atoms with Crippen molar-refractivity contribution in [1.82, 2.24) is 4.90 Å². The van der Waals surface area contributed by atoms with Crippen molar-refractivity contribution in [3.63, 3.8) is 0 Å². The van der Waals surface area contributed by atoms with Crippen LogP contribution in [-0.2, 0) is 0 Å². The third-order valence-electron chi connectivity index (χ3n) is 3.70.